The molecule has 0 bridgehead atoms. The third-order valence-electron chi connectivity index (χ3n) is 2.98. The SMILES string of the molecule is COc1ccc(F)cc1C(=O)CCC(=O)NC1CC1. The highest BCUT2D eigenvalue weighted by atomic mass is 19.1. The monoisotopic (exact) mass is 265 g/mol. The molecule has 0 saturated heterocycles. The van der Waals surface area contributed by atoms with Crippen molar-refractivity contribution < 1.29 is 18.7 Å². The number of carbonyl (C=O) groups is 2. The molecule has 102 valence electrons. The Morgan fingerprint density at radius 3 is 2.74 bits per heavy atom. The lowest BCUT2D eigenvalue weighted by Crippen LogP contribution is -2.25. The van der Waals surface area contributed by atoms with E-state index in [0.717, 1.165) is 18.9 Å². The quantitative estimate of drug-likeness (QED) is 0.801. The summed E-state index contributed by atoms with van der Waals surface area (Å²) in [6, 6.07) is 4.06. The first kappa shape index (κ1) is 13.5. The molecule has 1 aliphatic carbocycles. The van der Waals surface area contributed by atoms with Crippen LogP contribution in [0, 0.1) is 5.82 Å². The van der Waals surface area contributed by atoms with Gasteiger partial charge in [-0.05, 0) is 31.0 Å². The number of ketones is 1. The Hall–Kier alpha value is -1.91. The predicted octanol–water partition coefficient (Wildman–Crippen LogP) is 2.08. The average Bonchev–Trinajstić information content (AvgIpc) is 3.19. The number of hydrogen-bond donors (Lipinski definition) is 1. The van der Waals surface area contributed by atoms with Gasteiger partial charge >= 0.3 is 0 Å². The van der Waals surface area contributed by atoms with E-state index < -0.39 is 5.82 Å². The van der Waals surface area contributed by atoms with Gasteiger partial charge in [0.15, 0.2) is 5.78 Å². The second-order valence-corrected chi connectivity index (χ2v) is 4.61. The molecule has 1 fully saturated rings. The Balaban J connectivity index is 1.94. The van der Waals surface area contributed by atoms with E-state index in [0.29, 0.717) is 5.75 Å². The standard InChI is InChI=1S/C14H16FNO3/c1-19-13-6-2-9(15)8-11(13)12(17)5-7-14(18)16-10-3-4-10/h2,6,8,10H,3-5,7H2,1H3,(H,16,18). The Labute approximate surface area is 110 Å². The molecule has 1 N–H and O–H groups in total. The molecule has 19 heavy (non-hydrogen) atoms. The average molecular weight is 265 g/mol. The Bertz CT molecular complexity index is 497. The number of ether oxygens (including phenoxy) is 1. The summed E-state index contributed by atoms with van der Waals surface area (Å²) in [7, 11) is 1.42. The molecule has 0 aliphatic heterocycles. The molecule has 1 aromatic carbocycles. The van der Waals surface area contributed by atoms with Crippen LogP contribution in [0.4, 0.5) is 4.39 Å². The molecule has 0 atom stereocenters. The Kier molecular flexibility index (Phi) is 4.14. The summed E-state index contributed by atoms with van der Waals surface area (Å²) in [4.78, 5) is 23.4. The summed E-state index contributed by atoms with van der Waals surface area (Å²) in [5, 5.41) is 2.80. The number of methoxy groups -OCH3 is 1. The third-order valence-corrected chi connectivity index (χ3v) is 2.98. The van der Waals surface area contributed by atoms with Crippen molar-refractivity contribution in [3.63, 3.8) is 0 Å². The largest absolute Gasteiger partial charge is 0.496 e. The van der Waals surface area contributed by atoms with Crippen molar-refractivity contribution >= 4 is 11.7 Å². The molecule has 1 aliphatic rings. The third kappa shape index (κ3) is 3.77. The van der Waals surface area contributed by atoms with Gasteiger partial charge in [0.2, 0.25) is 5.91 Å². The fraction of sp³-hybridized carbons (Fsp3) is 0.429. The molecule has 1 aromatic rings. The van der Waals surface area contributed by atoms with Gasteiger partial charge in [-0.15, -0.1) is 0 Å². The molecule has 5 heteroatoms. The minimum Gasteiger partial charge on any atom is -0.496 e. The molecular formula is C14H16FNO3. The molecule has 1 saturated carbocycles. The highest BCUT2D eigenvalue weighted by molar-refractivity contribution is 6.00. The first-order valence-electron chi connectivity index (χ1n) is 6.26. The molecule has 0 spiro atoms. The van der Waals surface area contributed by atoms with Crippen LogP contribution >= 0.6 is 0 Å². The number of carbonyl (C=O) groups excluding carboxylic acids is 2. The lowest BCUT2D eigenvalue weighted by molar-refractivity contribution is -0.121. The lowest BCUT2D eigenvalue weighted by Gasteiger charge is -2.07. The van der Waals surface area contributed by atoms with Crippen LogP contribution in [0.3, 0.4) is 0 Å². The molecule has 2 rings (SSSR count). The maximum atomic E-state index is 13.1. The lowest BCUT2D eigenvalue weighted by atomic mass is 10.1. The zero-order valence-corrected chi connectivity index (χ0v) is 10.7. The highest BCUT2D eigenvalue weighted by Gasteiger charge is 2.23. The van der Waals surface area contributed by atoms with Gasteiger partial charge in [0.1, 0.15) is 11.6 Å². The minimum atomic E-state index is -0.494. The highest BCUT2D eigenvalue weighted by Crippen LogP contribution is 2.22. The van der Waals surface area contributed by atoms with Gasteiger partial charge in [-0.1, -0.05) is 0 Å². The predicted molar refractivity (Wildman–Crippen MR) is 67.7 cm³/mol. The summed E-state index contributed by atoms with van der Waals surface area (Å²) in [5.74, 6) is -0.589. The van der Waals surface area contributed by atoms with Crippen LogP contribution in [0.15, 0.2) is 18.2 Å². The zero-order chi connectivity index (χ0) is 13.8. The van der Waals surface area contributed by atoms with E-state index in [1.165, 1.54) is 19.2 Å². The molecule has 0 radical (unpaired) electrons. The van der Waals surface area contributed by atoms with Gasteiger partial charge in [0.05, 0.1) is 12.7 Å². The van der Waals surface area contributed by atoms with Gasteiger partial charge in [-0.3, -0.25) is 9.59 Å². The van der Waals surface area contributed by atoms with E-state index >= 15 is 0 Å². The van der Waals surface area contributed by atoms with Crippen molar-refractivity contribution in [1.29, 1.82) is 0 Å². The first-order chi connectivity index (χ1) is 9.10. The second-order valence-electron chi connectivity index (χ2n) is 4.61. The number of rotatable bonds is 6. The summed E-state index contributed by atoms with van der Waals surface area (Å²) < 4.78 is 18.2. The summed E-state index contributed by atoms with van der Waals surface area (Å²) in [5.41, 5.74) is 0.182. The van der Waals surface area contributed by atoms with Crippen molar-refractivity contribution in [3.8, 4) is 5.75 Å². The smallest absolute Gasteiger partial charge is 0.220 e. The maximum absolute atomic E-state index is 13.1. The normalized spacial score (nSPS) is 14.0. The maximum Gasteiger partial charge on any atom is 0.220 e. The Morgan fingerprint density at radius 2 is 2.11 bits per heavy atom. The molecule has 0 unspecified atom stereocenters. The van der Waals surface area contributed by atoms with Gasteiger partial charge in [0.25, 0.3) is 0 Å². The molecular weight excluding hydrogens is 249 g/mol. The van der Waals surface area contributed by atoms with Gasteiger partial charge in [0, 0.05) is 18.9 Å². The van der Waals surface area contributed by atoms with Crippen LogP contribution in [0.1, 0.15) is 36.0 Å². The van der Waals surface area contributed by atoms with E-state index in [2.05, 4.69) is 5.32 Å². The molecule has 0 aromatic heterocycles. The Morgan fingerprint density at radius 1 is 1.37 bits per heavy atom. The number of halogens is 1. The van der Waals surface area contributed by atoms with Gasteiger partial charge < -0.3 is 10.1 Å². The van der Waals surface area contributed by atoms with Crippen molar-refractivity contribution in [1.82, 2.24) is 5.32 Å². The molecule has 0 heterocycles. The number of benzene rings is 1. The number of hydrogen-bond acceptors (Lipinski definition) is 3. The summed E-state index contributed by atoms with van der Waals surface area (Å²) in [6.45, 7) is 0. The number of Topliss-reactive ketones (excluding diaryl/α,β-unsaturated/α-hetero) is 1. The van der Waals surface area contributed by atoms with E-state index in [4.69, 9.17) is 4.74 Å². The summed E-state index contributed by atoms with van der Waals surface area (Å²) in [6.07, 6.45) is 2.20. The van der Waals surface area contributed by atoms with Crippen molar-refractivity contribution in [2.24, 2.45) is 0 Å². The minimum absolute atomic E-state index is 0.0539. The van der Waals surface area contributed by atoms with Crippen LogP contribution in [0.5, 0.6) is 5.75 Å². The number of nitrogens with one attached hydrogen (secondary N) is 1. The fourth-order valence-electron chi connectivity index (χ4n) is 1.79. The van der Waals surface area contributed by atoms with Crippen LogP contribution in [-0.4, -0.2) is 24.8 Å². The van der Waals surface area contributed by atoms with Crippen LogP contribution in [-0.2, 0) is 4.79 Å². The van der Waals surface area contributed by atoms with Crippen molar-refractivity contribution in [2.75, 3.05) is 7.11 Å². The van der Waals surface area contributed by atoms with Gasteiger partial charge in [-0.25, -0.2) is 4.39 Å². The molecule has 4 nitrogen and oxygen atoms in total. The van der Waals surface area contributed by atoms with E-state index in [9.17, 15) is 14.0 Å². The first-order valence-corrected chi connectivity index (χ1v) is 6.26. The van der Waals surface area contributed by atoms with Crippen molar-refractivity contribution in [3.05, 3.63) is 29.6 Å². The summed E-state index contributed by atoms with van der Waals surface area (Å²) >= 11 is 0. The zero-order valence-electron chi connectivity index (χ0n) is 10.7. The van der Waals surface area contributed by atoms with Crippen LogP contribution in [0.2, 0.25) is 0 Å². The van der Waals surface area contributed by atoms with Gasteiger partial charge in [-0.2, -0.15) is 0 Å². The van der Waals surface area contributed by atoms with Crippen molar-refractivity contribution in [2.45, 2.75) is 31.7 Å². The van der Waals surface area contributed by atoms with Crippen LogP contribution < -0.4 is 10.1 Å². The second kappa shape index (κ2) is 5.82. The fourth-order valence-corrected chi connectivity index (χ4v) is 1.79. The van der Waals surface area contributed by atoms with Crippen LogP contribution in [0.25, 0.3) is 0 Å². The van der Waals surface area contributed by atoms with E-state index in [1.54, 1.807) is 0 Å². The molecule has 1 amide bonds. The topological polar surface area (TPSA) is 55.4 Å². The van der Waals surface area contributed by atoms with E-state index in [1.807, 2.05) is 0 Å². The number of amides is 1. The van der Waals surface area contributed by atoms with E-state index in [-0.39, 0.29) is 36.1 Å².